The Morgan fingerprint density at radius 2 is 1.69 bits per heavy atom. The molecule has 0 bridgehead atoms. The van der Waals surface area contributed by atoms with Crippen molar-refractivity contribution in [1.82, 2.24) is 13.9 Å². The zero-order valence-electron chi connectivity index (χ0n) is 14.8. The van der Waals surface area contributed by atoms with Gasteiger partial charge in [-0.2, -0.15) is 4.31 Å². The lowest BCUT2D eigenvalue weighted by atomic mass is 10.1. The second-order valence-corrected chi connectivity index (χ2v) is 10.5. The molecule has 0 atom stereocenters. The largest absolute Gasteiger partial charge is 0.336 e. The molecule has 3 rings (SSSR count). The van der Waals surface area contributed by atoms with Gasteiger partial charge >= 0.3 is 0 Å². The number of hydrogen-bond donors (Lipinski definition) is 1. The Kier molecular flexibility index (Phi) is 5.13. The normalized spacial score (nSPS) is 19.5. The van der Waals surface area contributed by atoms with Crippen LogP contribution in [0, 0.1) is 6.92 Å². The standard InChI is InChI=1S/C16H23N3O5S2/c1-12-3-6-14(26(23,24)17-13-4-5-13)11-15(12)16(20)18-7-9-19(10-8-18)25(2,21)22/h3,6,11,13,17H,4-5,7-10H2,1-2H3. The van der Waals surface area contributed by atoms with Crippen molar-refractivity contribution < 1.29 is 21.6 Å². The summed E-state index contributed by atoms with van der Waals surface area (Å²) in [5.74, 6) is -0.279. The van der Waals surface area contributed by atoms with Crippen molar-refractivity contribution >= 4 is 26.0 Å². The summed E-state index contributed by atoms with van der Waals surface area (Å²) in [6.07, 6.45) is 2.82. The highest BCUT2D eigenvalue weighted by molar-refractivity contribution is 7.89. The predicted octanol–water partition coefficient (Wildman–Crippen LogP) is 0.153. The van der Waals surface area contributed by atoms with E-state index in [1.165, 1.54) is 16.4 Å². The number of rotatable bonds is 5. The topological polar surface area (TPSA) is 104 Å². The minimum Gasteiger partial charge on any atom is -0.336 e. The van der Waals surface area contributed by atoms with E-state index in [2.05, 4.69) is 4.72 Å². The lowest BCUT2D eigenvalue weighted by Gasteiger charge is -2.33. The van der Waals surface area contributed by atoms with Gasteiger partial charge in [-0.25, -0.2) is 21.6 Å². The zero-order valence-corrected chi connectivity index (χ0v) is 16.4. The van der Waals surface area contributed by atoms with Crippen molar-refractivity contribution in [3.05, 3.63) is 29.3 Å². The van der Waals surface area contributed by atoms with Crippen molar-refractivity contribution in [2.45, 2.75) is 30.7 Å². The highest BCUT2D eigenvalue weighted by Crippen LogP contribution is 2.24. The predicted molar refractivity (Wildman–Crippen MR) is 96.8 cm³/mol. The molecule has 1 amide bonds. The average molecular weight is 402 g/mol. The SMILES string of the molecule is Cc1ccc(S(=O)(=O)NC2CC2)cc1C(=O)N1CCN(S(C)(=O)=O)CC1. The molecule has 10 heteroatoms. The van der Waals surface area contributed by atoms with Crippen molar-refractivity contribution in [3.8, 4) is 0 Å². The number of carbonyl (C=O) groups is 1. The van der Waals surface area contributed by atoms with Crippen LogP contribution in [0.15, 0.2) is 23.1 Å². The summed E-state index contributed by atoms with van der Waals surface area (Å²) >= 11 is 0. The van der Waals surface area contributed by atoms with Crippen LogP contribution in [0.25, 0.3) is 0 Å². The Morgan fingerprint density at radius 1 is 1.08 bits per heavy atom. The van der Waals surface area contributed by atoms with E-state index in [1.54, 1.807) is 17.9 Å². The molecule has 0 spiro atoms. The maximum atomic E-state index is 12.8. The summed E-state index contributed by atoms with van der Waals surface area (Å²) in [5, 5.41) is 0. The van der Waals surface area contributed by atoms with Crippen LogP contribution in [-0.2, 0) is 20.0 Å². The number of nitrogens with zero attached hydrogens (tertiary/aromatic N) is 2. The van der Waals surface area contributed by atoms with Gasteiger partial charge in [0.25, 0.3) is 5.91 Å². The number of amides is 1. The van der Waals surface area contributed by atoms with Gasteiger partial charge in [-0.1, -0.05) is 6.07 Å². The molecule has 1 saturated heterocycles. The summed E-state index contributed by atoms with van der Waals surface area (Å²) in [6.45, 7) is 2.80. The molecule has 144 valence electrons. The molecule has 1 aromatic rings. The van der Waals surface area contributed by atoms with Crippen molar-refractivity contribution in [1.29, 1.82) is 0 Å². The summed E-state index contributed by atoms with van der Waals surface area (Å²) in [6, 6.07) is 4.52. The molecule has 1 saturated carbocycles. The van der Waals surface area contributed by atoms with Gasteiger partial charge in [-0.15, -0.1) is 0 Å². The molecule has 1 aromatic carbocycles. The molecular formula is C16H23N3O5S2. The van der Waals surface area contributed by atoms with E-state index in [0.29, 0.717) is 11.1 Å². The number of piperazine rings is 1. The maximum Gasteiger partial charge on any atom is 0.254 e. The third kappa shape index (κ3) is 4.25. The van der Waals surface area contributed by atoms with Crippen LogP contribution in [-0.4, -0.2) is 70.4 Å². The molecule has 26 heavy (non-hydrogen) atoms. The number of aryl methyl sites for hydroxylation is 1. The van der Waals surface area contributed by atoms with Crippen LogP contribution in [0.3, 0.4) is 0 Å². The summed E-state index contributed by atoms with van der Waals surface area (Å²) < 4.78 is 51.9. The Bertz CT molecular complexity index is 915. The third-order valence-electron chi connectivity index (χ3n) is 4.64. The molecule has 2 fully saturated rings. The number of nitrogens with one attached hydrogen (secondary N) is 1. The molecular weight excluding hydrogens is 378 g/mol. The second kappa shape index (κ2) is 6.91. The van der Waals surface area contributed by atoms with Crippen LogP contribution >= 0.6 is 0 Å². The van der Waals surface area contributed by atoms with E-state index in [0.717, 1.165) is 19.1 Å². The minimum absolute atomic E-state index is 0.00970. The quantitative estimate of drug-likeness (QED) is 0.757. The molecule has 1 N–H and O–H groups in total. The first kappa shape index (κ1) is 19.3. The van der Waals surface area contributed by atoms with Crippen LogP contribution in [0.2, 0.25) is 0 Å². The fraction of sp³-hybridized carbons (Fsp3) is 0.562. The first-order valence-electron chi connectivity index (χ1n) is 8.45. The highest BCUT2D eigenvalue weighted by atomic mass is 32.2. The molecule has 1 aliphatic carbocycles. The monoisotopic (exact) mass is 401 g/mol. The number of sulfonamides is 2. The van der Waals surface area contributed by atoms with Crippen molar-refractivity contribution in [3.63, 3.8) is 0 Å². The number of hydrogen-bond acceptors (Lipinski definition) is 5. The van der Waals surface area contributed by atoms with E-state index < -0.39 is 20.0 Å². The first-order valence-corrected chi connectivity index (χ1v) is 11.8. The Labute approximate surface area is 154 Å². The minimum atomic E-state index is -3.64. The first-order chi connectivity index (χ1) is 12.1. The number of carbonyl (C=O) groups excluding carboxylic acids is 1. The van der Waals surface area contributed by atoms with Crippen molar-refractivity contribution in [2.75, 3.05) is 32.4 Å². The van der Waals surface area contributed by atoms with Gasteiger partial charge in [-0.05, 0) is 37.5 Å². The lowest BCUT2D eigenvalue weighted by Crippen LogP contribution is -2.50. The van der Waals surface area contributed by atoms with Crippen LogP contribution < -0.4 is 4.72 Å². The van der Waals surface area contributed by atoms with Gasteiger partial charge in [-0.3, -0.25) is 4.79 Å². The molecule has 0 aromatic heterocycles. The van der Waals surface area contributed by atoms with Gasteiger partial charge in [0.2, 0.25) is 20.0 Å². The Balaban J connectivity index is 1.78. The molecule has 0 radical (unpaired) electrons. The molecule has 1 aliphatic heterocycles. The summed E-state index contributed by atoms with van der Waals surface area (Å²) in [7, 11) is -6.91. The zero-order chi connectivity index (χ0) is 19.1. The highest BCUT2D eigenvalue weighted by Gasteiger charge is 2.30. The lowest BCUT2D eigenvalue weighted by molar-refractivity contribution is 0.0697. The Hall–Kier alpha value is -1.49. The maximum absolute atomic E-state index is 12.8. The Morgan fingerprint density at radius 3 is 2.23 bits per heavy atom. The van der Waals surface area contributed by atoms with Crippen LogP contribution in [0.5, 0.6) is 0 Å². The molecule has 2 aliphatic rings. The summed E-state index contributed by atoms with van der Waals surface area (Å²) in [5.41, 5.74) is 1.02. The smallest absolute Gasteiger partial charge is 0.254 e. The number of benzene rings is 1. The van der Waals surface area contributed by atoms with E-state index in [4.69, 9.17) is 0 Å². The fourth-order valence-electron chi connectivity index (χ4n) is 2.88. The van der Waals surface area contributed by atoms with Gasteiger partial charge in [0.1, 0.15) is 0 Å². The van der Waals surface area contributed by atoms with E-state index >= 15 is 0 Å². The van der Waals surface area contributed by atoms with E-state index in [9.17, 15) is 21.6 Å². The van der Waals surface area contributed by atoms with Gasteiger partial charge in [0, 0.05) is 37.8 Å². The molecule has 1 heterocycles. The van der Waals surface area contributed by atoms with Gasteiger partial charge in [0.05, 0.1) is 11.2 Å². The molecule has 0 unspecified atom stereocenters. The average Bonchev–Trinajstić information content (AvgIpc) is 3.37. The second-order valence-electron chi connectivity index (χ2n) is 6.83. The van der Waals surface area contributed by atoms with E-state index in [1.807, 2.05) is 0 Å². The van der Waals surface area contributed by atoms with E-state index in [-0.39, 0.29) is 43.0 Å². The fourth-order valence-corrected chi connectivity index (χ4v) is 5.04. The van der Waals surface area contributed by atoms with Crippen LogP contribution in [0.4, 0.5) is 0 Å². The molecule has 8 nitrogen and oxygen atoms in total. The third-order valence-corrected chi connectivity index (χ3v) is 7.47. The van der Waals surface area contributed by atoms with Gasteiger partial charge < -0.3 is 4.90 Å². The van der Waals surface area contributed by atoms with Crippen molar-refractivity contribution in [2.24, 2.45) is 0 Å². The summed E-state index contributed by atoms with van der Waals surface area (Å²) in [4.78, 5) is 14.5. The van der Waals surface area contributed by atoms with Crippen LogP contribution in [0.1, 0.15) is 28.8 Å². The van der Waals surface area contributed by atoms with Gasteiger partial charge in [0.15, 0.2) is 0 Å².